The molecule has 0 saturated heterocycles. The summed E-state index contributed by atoms with van der Waals surface area (Å²) in [5.41, 5.74) is 1.80. The number of methoxy groups -OCH3 is 1. The molecule has 1 aromatic heterocycles. The topological polar surface area (TPSA) is 68.3 Å². The van der Waals surface area contributed by atoms with E-state index >= 15 is 0 Å². The van der Waals surface area contributed by atoms with E-state index in [1.54, 1.807) is 7.11 Å². The minimum atomic E-state index is 0.577. The molecule has 0 saturated carbocycles. The number of hydrogen-bond acceptors (Lipinski definition) is 6. The van der Waals surface area contributed by atoms with E-state index in [1.165, 1.54) is 0 Å². The van der Waals surface area contributed by atoms with Crippen molar-refractivity contribution in [3.63, 3.8) is 0 Å². The molecule has 2 N–H and O–H groups in total. The Balaban J connectivity index is 1.65. The van der Waals surface area contributed by atoms with Crippen LogP contribution in [0.2, 0.25) is 0 Å². The summed E-state index contributed by atoms with van der Waals surface area (Å²) in [6, 6.07) is 19.3. The lowest BCUT2D eigenvalue weighted by Gasteiger charge is -2.11. The summed E-state index contributed by atoms with van der Waals surface area (Å²) in [6.07, 6.45) is 0. The van der Waals surface area contributed by atoms with Gasteiger partial charge in [0.15, 0.2) is 0 Å². The molecule has 0 aliphatic carbocycles. The molecule has 0 atom stereocenters. The number of nitrogens with zero attached hydrogens (tertiary/aromatic N) is 2. The Morgan fingerprint density at radius 3 is 2.38 bits per heavy atom. The van der Waals surface area contributed by atoms with Crippen molar-refractivity contribution < 1.29 is 9.47 Å². The number of ether oxygens (including phenoxy) is 2. The highest BCUT2D eigenvalue weighted by molar-refractivity contribution is 5.58. The van der Waals surface area contributed by atoms with E-state index in [0.29, 0.717) is 19.1 Å². The van der Waals surface area contributed by atoms with Crippen LogP contribution in [0.15, 0.2) is 60.7 Å². The zero-order valence-corrected chi connectivity index (χ0v) is 14.9. The maximum atomic E-state index is 5.80. The highest BCUT2D eigenvalue weighted by Crippen LogP contribution is 2.24. The first-order chi connectivity index (χ1) is 12.7. The molecule has 6 heteroatoms. The lowest BCUT2D eigenvalue weighted by molar-refractivity contribution is 0.210. The van der Waals surface area contributed by atoms with Gasteiger partial charge >= 0.3 is 0 Å². The maximum Gasteiger partial charge on any atom is 0.224 e. The predicted molar refractivity (Wildman–Crippen MR) is 103 cm³/mol. The number of para-hydroxylation sites is 1. The average molecular weight is 350 g/mol. The Labute approximate surface area is 153 Å². The highest BCUT2D eigenvalue weighted by Gasteiger charge is 2.03. The lowest BCUT2D eigenvalue weighted by atomic mass is 10.3. The third kappa shape index (κ3) is 5.19. The van der Waals surface area contributed by atoms with E-state index in [-0.39, 0.29) is 0 Å². The number of hydrogen-bond donors (Lipinski definition) is 2. The van der Waals surface area contributed by atoms with Crippen LogP contribution in [-0.2, 0) is 4.74 Å². The van der Waals surface area contributed by atoms with Gasteiger partial charge in [0.05, 0.1) is 6.61 Å². The van der Waals surface area contributed by atoms with Crippen LogP contribution in [0.1, 0.15) is 5.69 Å². The quantitative estimate of drug-likeness (QED) is 0.588. The molecule has 0 aliphatic rings. The van der Waals surface area contributed by atoms with E-state index in [4.69, 9.17) is 9.47 Å². The molecule has 134 valence electrons. The van der Waals surface area contributed by atoms with E-state index in [9.17, 15) is 0 Å². The first-order valence-corrected chi connectivity index (χ1v) is 8.41. The minimum absolute atomic E-state index is 0.577. The van der Waals surface area contributed by atoms with Gasteiger partial charge in [-0.1, -0.05) is 18.2 Å². The molecule has 3 aromatic rings. The molecule has 0 bridgehead atoms. The molecule has 2 aromatic carbocycles. The second-order valence-corrected chi connectivity index (χ2v) is 5.70. The Kier molecular flexibility index (Phi) is 6.01. The average Bonchev–Trinajstić information content (AvgIpc) is 2.64. The van der Waals surface area contributed by atoms with Crippen LogP contribution in [0.4, 0.5) is 17.5 Å². The summed E-state index contributed by atoms with van der Waals surface area (Å²) in [4.78, 5) is 8.84. The number of anilines is 3. The van der Waals surface area contributed by atoms with Crippen LogP contribution >= 0.6 is 0 Å². The van der Waals surface area contributed by atoms with Crippen LogP contribution < -0.4 is 15.4 Å². The number of rotatable bonds is 8. The Morgan fingerprint density at radius 1 is 0.923 bits per heavy atom. The van der Waals surface area contributed by atoms with Crippen molar-refractivity contribution in [1.82, 2.24) is 9.97 Å². The molecule has 0 fully saturated rings. The Morgan fingerprint density at radius 2 is 1.65 bits per heavy atom. The normalized spacial score (nSPS) is 10.4. The SMILES string of the molecule is COCCNc1nc(C)cc(Nc2ccc(Oc3ccccc3)cc2)n1. The molecule has 0 amide bonds. The predicted octanol–water partition coefficient (Wildman–Crippen LogP) is 4.38. The van der Waals surface area contributed by atoms with E-state index in [2.05, 4.69) is 20.6 Å². The molecule has 0 spiro atoms. The fraction of sp³-hybridized carbons (Fsp3) is 0.200. The maximum absolute atomic E-state index is 5.80. The second-order valence-electron chi connectivity index (χ2n) is 5.70. The minimum Gasteiger partial charge on any atom is -0.457 e. The van der Waals surface area contributed by atoms with Gasteiger partial charge in [-0.3, -0.25) is 0 Å². The van der Waals surface area contributed by atoms with Crippen LogP contribution in [0.5, 0.6) is 11.5 Å². The van der Waals surface area contributed by atoms with Crippen LogP contribution in [0.25, 0.3) is 0 Å². The molecular formula is C20H22N4O2. The first-order valence-electron chi connectivity index (χ1n) is 8.41. The van der Waals surface area contributed by atoms with Gasteiger partial charge in [0.2, 0.25) is 5.95 Å². The number of nitrogens with one attached hydrogen (secondary N) is 2. The summed E-state index contributed by atoms with van der Waals surface area (Å²) in [5, 5.41) is 6.43. The standard InChI is InChI=1S/C20H22N4O2/c1-15-14-19(24-20(22-15)21-12-13-25-2)23-16-8-10-18(11-9-16)26-17-6-4-3-5-7-17/h3-11,14H,12-13H2,1-2H3,(H2,21,22,23,24). The van der Waals surface area contributed by atoms with Gasteiger partial charge < -0.3 is 20.1 Å². The number of benzene rings is 2. The molecule has 1 heterocycles. The molecular weight excluding hydrogens is 328 g/mol. The first kappa shape index (κ1) is 17.7. The number of aromatic nitrogens is 2. The van der Waals surface area contributed by atoms with E-state index in [0.717, 1.165) is 28.7 Å². The number of aryl methyl sites for hydroxylation is 1. The van der Waals surface area contributed by atoms with Crippen molar-refractivity contribution in [2.24, 2.45) is 0 Å². The lowest BCUT2D eigenvalue weighted by Crippen LogP contribution is -2.11. The van der Waals surface area contributed by atoms with Crippen molar-refractivity contribution in [1.29, 1.82) is 0 Å². The summed E-state index contributed by atoms with van der Waals surface area (Å²) in [7, 11) is 1.66. The highest BCUT2D eigenvalue weighted by atomic mass is 16.5. The molecule has 26 heavy (non-hydrogen) atoms. The molecule has 6 nitrogen and oxygen atoms in total. The van der Waals surface area contributed by atoms with Gasteiger partial charge in [-0.15, -0.1) is 0 Å². The monoisotopic (exact) mass is 350 g/mol. The largest absolute Gasteiger partial charge is 0.457 e. The van der Waals surface area contributed by atoms with Crippen molar-refractivity contribution >= 4 is 17.5 Å². The van der Waals surface area contributed by atoms with Crippen molar-refractivity contribution in [3.05, 3.63) is 66.4 Å². The molecule has 0 radical (unpaired) electrons. The third-order valence-electron chi connectivity index (χ3n) is 3.55. The van der Waals surface area contributed by atoms with Gasteiger partial charge in [0.25, 0.3) is 0 Å². The van der Waals surface area contributed by atoms with Crippen LogP contribution in [0.3, 0.4) is 0 Å². The summed E-state index contributed by atoms with van der Waals surface area (Å²) in [5.74, 6) is 2.90. The zero-order chi connectivity index (χ0) is 18.2. The van der Waals surface area contributed by atoms with Gasteiger partial charge in [-0.2, -0.15) is 4.98 Å². The summed E-state index contributed by atoms with van der Waals surface area (Å²) < 4.78 is 10.8. The Hall–Kier alpha value is -3.12. The van der Waals surface area contributed by atoms with E-state index < -0.39 is 0 Å². The van der Waals surface area contributed by atoms with Crippen molar-refractivity contribution in [3.8, 4) is 11.5 Å². The summed E-state index contributed by atoms with van der Waals surface area (Å²) in [6.45, 7) is 3.19. The second kappa shape index (κ2) is 8.82. The molecule has 0 aliphatic heterocycles. The molecule has 0 unspecified atom stereocenters. The third-order valence-corrected chi connectivity index (χ3v) is 3.55. The van der Waals surface area contributed by atoms with Gasteiger partial charge in [-0.05, 0) is 43.3 Å². The fourth-order valence-corrected chi connectivity index (χ4v) is 2.36. The van der Waals surface area contributed by atoms with Gasteiger partial charge in [-0.25, -0.2) is 4.98 Å². The van der Waals surface area contributed by atoms with Crippen molar-refractivity contribution in [2.75, 3.05) is 30.9 Å². The smallest absolute Gasteiger partial charge is 0.224 e. The Bertz CT molecular complexity index is 823. The van der Waals surface area contributed by atoms with Gasteiger partial charge in [0, 0.05) is 31.1 Å². The fourth-order valence-electron chi connectivity index (χ4n) is 2.36. The summed E-state index contributed by atoms with van der Waals surface area (Å²) >= 11 is 0. The van der Waals surface area contributed by atoms with Crippen LogP contribution in [-0.4, -0.2) is 30.2 Å². The van der Waals surface area contributed by atoms with E-state index in [1.807, 2.05) is 67.6 Å². The van der Waals surface area contributed by atoms with Crippen LogP contribution in [0, 0.1) is 6.92 Å². The zero-order valence-electron chi connectivity index (χ0n) is 14.9. The van der Waals surface area contributed by atoms with Gasteiger partial charge in [0.1, 0.15) is 17.3 Å². The van der Waals surface area contributed by atoms with Crippen molar-refractivity contribution in [2.45, 2.75) is 6.92 Å². The molecule has 3 rings (SSSR count).